The molecule has 134 valence electrons. The molecule has 1 aromatic rings. The minimum Gasteiger partial charge on any atom is -0.494 e. The van der Waals surface area contributed by atoms with Gasteiger partial charge in [0.05, 0.1) is 18.7 Å². The Morgan fingerprint density at radius 3 is 2.54 bits per heavy atom. The van der Waals surface area contributed by atoms with Crippen molar-refractivity contribution in [1.82, 2.24) is 5.32 Å². The molecule has 0 aliphatic rings. The third-order valence-electron chi connectivity index (χ3n) is 2.76. The van der Waals surface area contributed by atoms with Crippen LogP contribution in [0.3, 0.4) is 0 Å². The van der Waals surface area contributed by atoms with E-state index in [-0.39, 0.29) is 12.2 Å². The number of benzene rings is 1. The predicted molar refractivity (Wildman–Crippen MR) is 91.1 cm³/mol. The number of carbonyl (C=O) groups is 2. The van der Waals surface area contributed by atoms with Crippen LogP contribution < -0.4 is 20.5 Å². The van der Waals surface area contributed by atoms with Crippen LogP contribution in [0.5, 0.6) is 11.5 Å². The van der Waals surface area contributed by atoms with Gasteiger partial charge in [0.2, 0.25) is 0 Å². The van der Waals surface area contributed by atoms with Crippen LogP contribution in [0, 0.1) is 0 Å². The maximum atomic E-state index is 12.0. The van der Waals surface area contributed by atoms with Gasteiger partial charge in [0, 0.05) is 12.1 Å². The summed E-state index contributed by atoms with van der Waals surface area (Å²) in [6, 6.07) is 4.42. The van der Waals surface area contributed by atoms with Gasteiger partial charge >= 0.3 is 12.1 Å². The summed E-state index contributed by atoms with van der Waals surface area (Å²) < 4.78 is 15.7. The van der Waals surface area contributed by atoms with Crippen molar-refractivity contribution in [2.24, 2.45) is 0 Å². The molecule has 7 nitrogen and oxygen atoms in total. The van der Waals surface area contributed by atoms with E-state index in [4.69, 9.17) is 19.9 Å². The van der Waals surface area contributed by atoms with Crippen molar-refractivity contribution in [3.05, 3.63) is 18.2 Å². The molecule has 1 amide bonds. The van der Waals surface area contributed by atoms with Gasteiger partial charge in [0.25, 0.3) is 0 Å². The number of amides is 1. The molecule has 0 aromatic heterocycles. The first kappa shape index (κ1) is 19.6. The first-order valence-corrected chi connectivity index (χ1v) is 7.83. The standard InChI is InChI=1S/C17H26N2O5/c1-6-22-12-7-8-13(18)14(10-12)23-15(20)9-11(2)19-16(21)24-17(3,4)5/h7-8,10-11H,6,9,18H2,1-5H3,(H,19,21). The van der Waals surface area contributed by atoms with Crippen molar-refractivity contribution in [3.8, 4) is 11.5 Å². The van der Waals surface area contributed by atoms with E-state index >= 15 is 0 Å². The second kappa shape index (κ2) is 8.42. The molecule has 24 heavy (non-hydrogen) atoms. The molecule has 0 fully saturated rings. The lowest BCUT2D eigenvalue weighted by atomic mass is 10.2. The average Bonchev–Trinajstić information content (AvgIpc) is 2.40. The zero-order chi connectivity index (χ0) is 18.3. The Bertz CT molecular complexity index is 581. The van der Waals surface area contributed by atoms with E-state index in [1.807, 2.05) is 6.92 Å². The van der Waals surface area contributed by atoms with Crippen LogP contribution in [0.2, 0.25) is 0 Å². The Kier molecular flexibility index (Phi) is 6.88. The summed E-state index contributed by atoms with van der Waals surface area (Å²) in [5, 5.41) is 2.58. The van der Waals surface area contributed by atoms with Gasteiger partial charge in [-0.1, -0.05) is 0 Å². The number of anilines is 1. The second-order valence-electron chi connectivity index (χ2n) is 6.36. The smallest absolute Gasteiger partial charge is 0.407 e. The quantitative estimate of drug-likeness (QED) is 0.470. The summed E-state index contributed by atoms with van der Waals surface area (Å²) in [5.41, 5.74) is 5.53. The summed E-state index contributed by atoms with van der Waals surface area (Å²) in [5.74, 6) is 0.281. The van der Waals surface area contributed by atoms with E-state index in [1.165, 1.54) is 0 Å². The Morgan fingerprint density at radius 1 is 1.29 bits per heavy atom. The van der Waals surface area contributed by atoms with Crippen LogP contribution in [-0.2, 0) is 9.53 Å². The van der Waals surface area contributed by atoms with Crippen LogP contribution in [-0.4, -0.2) is 30.3 Å². The van der Waals surface area contributed by atoms with E-state index in [2.05, 4.69) is 5.32 Å². The molecule has 0 heterocycles. The molecule has 0 aliphatic carbocycles. The number of hydrogen-bond donors (Lipinski definition) is 2. The molecule has 0 radical (unpaired) electrons. The molecule has 0 spiro atoms. The molecular formula is C17H26N2O5. The lowest BCUT2D eigenvalue weighted by Crippen LogP contribution is -2.39. The van der Waals surface area contributed by atoms with E-state index in [9.17, 15) is 9.59 Å². The molecule has 0 saturated carbocycles. The first-order valence-electron chi connectivity index (χ1n) is 7.83. The zero-order valence-corrected chi connectivity index (χ0v) is 14.8. The van der Waals surface area contributed by atoms with Crippen LogP contribution >= 0.6 is 0 Å². The molecule has 0 saturated heterocycles. The molecule has 3 N–H and O–H groups in total. The number of nitrogen functional groups attached to an aromatic ring is 1. The van der Waals surface area contributed by atoms with Gasteiger partial charge in [-0.3, -0.25) is 4.79 Å². The molecule has 1 unspecified atom stereocenters. The summed E-state index contributed by atoms with van der Waals surface area (Å²) in [6.07, 6.45) is -0.599. The van der Waals surface area contributed by atoms with E-state index in [0.29, 0.717) is 18.0 Å². The van der Waals surface area contributed by atoms with Crippen molar-refractivity contribution in [3.63, 3.8) is 0 Å². The summed E-state index contributed by atoms with van der Waals surface area (Å²) in [6.45, 7) is 9.32. The fraction of sp³-hybridized carbons (Fsp3) is 0.529. The predicted octanol–water partition coefficient (Wildman–Crippen LogP) is 2.88. The number of rotatable bonds is 6. The molecule has 7 heteroatoms. The molecule has 0 aliphatic heterocycles. The third kappa shape index (κ3) is 7.21. The molecular weight excluding hydrogens is 312 g/mol. The lowest BCUT2D eigenvalue weighted by molar-refractivity contribution is -0.134. The van der Waals surface area contributed by atoms with Crippen molar-refractivity contribution in [2.75, 3.05) is 12.3 Å². The molecule has 1 atom stereocenters. The second-order valence-corrected chi connectivity index (χ2v) is 6.36. The van der Waals surface area contributed by atoms with Crippen LogP contribution in [0.1, 0.15) is 41.0 Å². The fourth-order valence-electron chi connectivity index (χ4n) is 1.83. The zero-order valence-electron chi connectivity index (χ0n) is 14.8. The topological polar surface area (TPSA) is 99.9 Å². The number of nitrogens with two attached hydrogens (primary N) is 1. The summed E-state index contributed by atoms with van der Waals surface area (Å²) in [7, 11) is 0. The molecule has 0 bridgehead atoms. The highest BCUT2D eigenvalue weighted by Gasteiger charge is 2.20. The van der Waals surface area contributed by atoms with Gasteiger partial charge in [-0.05, 0) is 46.8 Å². The maximum Gasteiger partial charge on any atom is 0.407 e. The summed E-state index contributed by atoms with van der Waals surface area (Å²) >= 11 is 0. The van der Waals surface area contributed by atoms with Crippen molar-refractivity contribution >= 4 is 17.7 Å². The van der Waals surface area contributed by atoms with Crippen LogP contribution in [0.25, 0.3) is 0 Å². The molecule has 1 rings (SSSR count). The van der Waals surface area contributed by atoms with Gasteiger partial charge < -0.3 is 25.3 Å². The summed E-state index contributed by atoms with van der Waals surface area (Å²) in [4.78, 5) is 23.7. The normalized spacial score (nSPS) is 12.2. The molecule has 1 aromatic carbocycles. The Labute approximate surface area is 142 Å². The minimum atomic E-state index is -0.599. The number of hydrogen-bond acceptors (Lipinski definition) is 6. The fourth-order valence-corrected chi connectivity index (χ4v) is 1.83. The highest BCUT2D eigenvalue weighted by molar-refractivity contribution is 5.76. The highest BCUT2D eigenvalue weighted by atomic mass is 16.6. The number of nitrogens with one attached hydrogen (secondary N) is 1. The van der Waals surface area contributed by atoms with Gasteiger partial charge in [-0.2, -0.15) is 0 Å². The number of esters is 1. The Balaban J connectivity index is 2.56. The average molecular weight is 338 g/mol. The Hall–Kier alpha value is -2.44. The van der Waals surface area contributed by atoms with Gasteiger partial charge in [0.1, 0.15) is 11.4 Å². The number of carbonyl (C=O) groups excluding carboxylic acids is 2. The van der Waals surface area contributed by atoms with E-state index in [0.717, 1.165) is 0 Å². The number of alkyl carbamates (subject to hydrolysis) is 1. The lowest BCUT2D eigenvalue weighted by Gasteiger charge is -2.21. The van der Waals surface area contributed by atoms with Gasteiger partial charge in [-0.25, -0.2) is 4.79 Å². The van der Waals surface area contributed by atoms with Crippen LogP contribution in [0.15, 0.2) is 18.2 Å². The van der Waals surface area contributed by atoms with E-state index in [1.54, 1.807) is 45.9 Å². The maximum absolute atomic E-state index is 12.0. The largest absolute Gasteiger partial charge is 0.494 e. The first-order chi connectivity index (χ1) is 11.1. The van der Waals surface area contributed by atoms with Crippen molar-refractivity contribution in [2.45, 2.75) is 52.7 Å². The van der Waals surface area contributed by atoms with Gasteiger partial charge in [0.15, 0.2) is 5.75 Å². The third-order valence-corrected chi connectivity index (χ3v) is 2.76. The highest BCUT2D eigenvalue weighted by Crippen LogP contribution is 2.27. The number of ether oxygens (including phenoxy) is 3. The van der Waals surface area contributed by atoms with Gasteiger partial charge in [-0.15, -0.1) is 0 Å². The van der Waals surface area contributed by atoms with E-state index < -0.39 is 23.7 Å². The SMILES string of the molecule is CCOc1ccc(N)c(OC(=O)CC(C)NC(=O)OC(C)(C)C)c1. The monoisotopic (exact) mass is 338 g/mol. The minimum absolute atomic E-state index is 0.0163. The van der Waals surface area contributed by atoms with Crippen LogP contribution in [0.4, 0.5) is 10.5 Å². The van der Waals surface area contributed by atoms with Crippen molar-refractivity contribution < 1.29 is 23.8 Å². The van der Waals surface area contributed by atoms with Crippen molar-refractivity contribution in [1.29, 1.82) is 0 Å². The Morgan fingerprint density at radius 2 is 1.96 bits per heavy atom.